The second-order valence-corrected chi connectivity index (χ2v) is 8.72. The van der Waals surface area contributed by atoms with Crippen LogP contribution in [0.25, 0.3) is 17.0 Å². The van der Waals surface area contributed by atoms with Crippen LogP contribution in [0.4, 0.5) is 5.69 Å². The summed E-state index contributed by atoms with van der Waals surface area (Å²) in [6.07, 6.45) is 0. The Bertz CT molecular complexity index is 1370. The van der Waals surface area contributed by atoms with E-state index in [9.17, 15) is 0 Å². The van der Waals surface area contributed by atoms with E-state index in [0.717, 1.165) is 33.6 Å². The van der Waals surface area contributed by atoms with Gasteiger partial charge in [0.1, 0.15) is 0 Å². The molecule has 0 saturated heterocycles. The maximum absolute atomic E-state index is 6.32. The SMILES string of the molecule is CC1=C(c2nc(-c3ccccc3)no2)C(c2cccc(Cl)c2)NC(=S)N1c1cccc(C)c1. The summed E-state index contributed by atoms with van der Waals surface area (Å²) in [5.41, 5.74) is 5.72. The summed E-state index contributed by atoms with van der Waals surface area (Å²) < 4.78 is 5.79. The zero-order valence-electron chi connectivity index (χ0n) is 18.1. The van der Waals surface area contributed by atoms with Crippen molar-refractivity contribution in [2.45, 2.75) is 19.9 Å². The quantitative estimate of drug-likeness (QED) is 0.339. The topological polar surface area (TPSA) is 54.2 Å². The molecule has 0 saturated carbocycles. The van der Waals surface area contributed by atoms with Crippen LogP contribution in [0.1, 0.15) is 30.0 Å². The molecule has 1 aliphatic heterocycles. The Hall–Kier alpha value is -3.48. The molecule has 1 unspecified atom stereocenters. The third kappa shape index (κ3) is 4.15. The molecule has 4 aromatic rings. The first-order valence-corrected chi connectivity index (χ1v) is 11.3. The van der Waals surface area contributed by atoms with Crippen molar-refractivity contribution in [1.82, 2.24) is 15.5 Å². The van der Waals surface area contributed by atoms with E-state index >= 15 is 0 Å². The minimum atomic E-state index is -0.290. The van der Waals surface area contributed by atoms with E-state index in [4.69, 9.17) is 33.3 Å². The van der Waals surface area contributed by atoms with Gasteiger partial charge in [-0.1, -0.05) is 71.4 Å². The molecular weight excluding hydrogens is 452 g/mol. The van der Waals surface area contributed by atoms with Crippen LogP contribution in [0.5, 0.6) is 0 Å². The van der Waals surface area contributed by atoms with Gasteiger partial charge in [-0.2, -0.15) is 4.98 Å². The molecule has 0 fully saturated rings. The number of halogens is 1. The molecular formula is C26H21ClN4OS. The Morgan fingerprint density at radius 3 is 2.52 bits per heavy atom. The molecule has 7 heteroatoms. The first kappa shape index (κ1) is 21.4. The molecule has 3 aromatic carbocycles. The van der Waals surface area contributed by atoms with Crippen molar-refractivity contribution in [3.05, 3.63) is 107 Å². The number of thiocarbonyl (C=S) groups is 1. The van der Waals surface area contributed by atoms with Gasteiger partial charge in [0.15, 0.2) is 5.11 Å². The van der Waals surface area contributed by atoms with E-state index in [1.807, 2.05) is 78.6 Å². The average molecular weight is 473 g/mol. The molecule has 0 amide bonds. The highest BCUT2D eigenvalue weighted by atomic mass is 35.5. The molecule has 1 aromatic heterocycles. The van der Waals surface area contributed by atoms with Crippen LogP contribution in [-0.4, -0.2) is 15.3 Å². The van der Waals surface area contributed by atoms with Crippen LogP contribution in [0.2, 0.25) is 5.02 Å². The maximum atomic E-state index is 6.32. The van der Waals surface area contributed by atoms with Gasteiger partial charge in [0.25, 0.3) is 5.89 Å². The zero-order chi connectivity index (χ0) is 22.9. The van der Waals surface area contributed by atoms with Crippen molar-refractivity contribution in [3.8, 4) is 11.4 Å². The fraction of sp³-hybridized carbons (Fsp3) is 0.115. The van der Waals surface area contributed by atoms with Gasteiger partial charge in [0, 0.05) is 22.0 Å². The van der Waals surface area contributed by atoms with Crippen molar-refractivity contribution >= 4 is 40.2 Å². The van der Waals surface area contributed by atoms with Gasteiger partial charge >= 0.3 is 0 Å². The summed E-state index contributed by atoms with van der Waals surface area (Å²) in [4.78, 5) is 6.75. The minimum Gasteiger partial charge on any atom is -0.351 e. The van der Waals surface area contributed by atoms with Gasteiger partial charge in [-0.3, -0.25) is 4.90 Å². The highest BCUT2D eigenvalue weighted by Gasteiger charge is 2.34. The lowest BCUT2D eigenvalue weighted by Crippen LogP contribution is -2.46. The van der Waals surface area contributed by atoms with Crippen LogP contribution >= 0.6 is 23.8 Å². The third-order valence-corrected chi connectivity index (χ3v) is 6.15. The fourth-order valence-electron chi connectivity index (χ4n) is 4.07. The van der Waals surface area contributed by atoms with Crippen LogP contribution in [0, 0.1) is 6.92 Å². The van der Waals surface area contributed by atoms with Crippen molar-refractivity contribution in [3.63, 3.8) is 0 Å². The lowest BCUT2D eigenvalue weighted by molar-refractivity contribution is 0.404. The molecule has 33 heavy (non-hydrogen) atoms. The number of anilines is 1. The van der Waals surface area contributed by atoms with Crippen molar-refractivity contribution in [2.75, 3.05) is 4.90 Å². The Kier molecular flexibility index (Phi) is 5.70. The first-order valence-electron chi connectivity index (χ1n) is 10.5. The Labute approximate surface area is 202 Å². The molecule has 164 valence electrons. The van der Waals surface area contributed by atoms with Crippen molar-refractivity contribution in [2.24, 2.45) is 0 Å². The number of benzene rings is 3. The highest BCUT2D eigenvalue weighted by Crippen LogP contribution is 2.39. The summed E-state index contributed by atoms with van der Waals surface area (Å²) >= 11 is 12.1. The van der Waals surface area contributed by atoms with E-state index in [0.29, 0.717) is 21.9 Å². The number of nitrogens with one attached hydrogen (secondary N) is 1. The number of allylic oxidation sites excluding steroid dienone is 1. The monoisotopic (exact) mass is 472 g/mol. The predicted octanol–water partition coefficient (Wildman–Crippen LogP) is 6.57. The van der Waals surface area contributed by atoms with Gasteiger partial charge in [-0.05, 0) is 61.5 Å². The van der Waals surface area contributed by atoms with E-state index < -0.39 is 0 Å². The van der Waals surface area contributed by atoms with Crippen LogP contribution in [0.15, 0.2) is 89.1 Å². The largest absolute Gasteiger partial charge is 0.351 e. The van der Waals surface area contributed by atoms with Crippen molar-refractivity contribution < 1.29 is 4.52 Å². The number of aryl methyl sites for hydroxylation is 1. The lowest BCUT2D eigenvalue weighted by atomic mass is 9.94. The summed E-state index contributed by atoms with van der Waals surface area (Å²) in [5, 5.41) is 8.96. The standard InChI is InChI=1S/C26H21ClN4OS/c1-16-8-6-13-21(14-16)31-17(2)22(23(28-26(31)33)19-11-7-12-20(27)15-19)25-29-24(30-32-25)18-9-4-3-5-10-18/h3-15,23H,1-2H3,(H,28,33). The van der Waals surface area contributed by atoms with Gasteiger partial charge in [0.05, 0.1) is 11.6 Å². The number of nitrogens with zero attached hydrogens (tertiary/aromatic N) is 3. The normalized spacial score (nSPS) is 16.2. The molecule has 1 N–H and O–H groups in total. The second-order valence-electron chi connectivity index (χ2n) is 7.90. The molecule has 0 aliphatic carbocycles. The van der Waals surface area contributed by atoms with Gasteiger partial charge < -0.3 is 9.84 Å². The number of rotatable bonds is 4. The van der Waals surface area contributed by atoms with E-state index in [1.165, 1.54) is 0 Å². The van der Waals surface area contributed by atoms with E-state index in [-0.39, 0.29) is 6.04 Å². The molecule has 2 heterocycles. The third-order valence-electron chi connectivity index (χ3n) is 5.62. The zero-order valence-corrected chi connectivity index (χ0v) is 19.7. The Balaban J connectivity index is 1.67. The summed E-state index contributed by atoms with van der Waals surface area (Å²) in [6, 6.07) is 25.4. The van der Waals surface area contributed by atoms with Crippen LogP contribution in [-0.2, 0) is 0 Å². The predicted molar refractivity (Wildman–Crippen MR) is 136 cm³/mol. The number of hydrogen-bond acceptors (Lipinski definition) is 4. The molecule has 5 rings (SSSR count). The highest BCUT2D eigenvalue weighted by molar-refractivity contribution is 7.80. The van der Waals surface area contributed by atoms with Gasteiger partial charge in [0.2, 0.25) is 5.82 Å². The van der Waals surface area contributed by atoms with Gasteiger partial charge in [-0.15, -0.1) is 0 Å². The summed E-state index contributed by atoms with van der Waals surface area (Å²) in [7, 11) is 0. The smallest absolute Gasteiger partial charge is 0.258 e. The second kappa shape index (κ2) is 8.81. The lowest BCUT2D eigenvalue weighted by Gasteiger charge is -2.37. The Morgan fingerprint density at radius 1 is 0.970 bits per heavy atom. The molecule has 1 atom stereocenters. The Morgan fingerprint density at radius 2 is 1.76 bits per heavy atom. The van der Waals surface area contributed by atoms with Crippen LogP contribution in [0.3, 0.4) is 0 Å². The molecule has 1 aliphatic rings. The number of aromatic nitrogens is 2. The molecule has 5 nitrogen and oxygen atoms in total. The average Bonchev–Trinajstić information content (AvgIpc) is 3.29. The summed E-state index contributed by atoms with van der Waals surface area (Å²) in [5.74, 6) is 0.968. The molecule has 0 bridgehead atoms. The molecule has 0 radical (unpaired) electrons. The minimum absolute atomic E-state index is 0.290. The first-order chi connectivity index (χ1) is 16.0. The van der Waals surface area contributed by atoms with Crippen LogP contribution < -0.4 is 10.2 Å². The van der Waals surface area contributed by atoms with E-state index in [2.05, 4.69) is 29.5 Å². The maximum Gasteiger partial charge on any atom is 0.258 e. The summed E-state index contributed by atoms with van der Waals surface area (Å²) in [6.45, 7) is 4.08. The molecule has 0 spiro atoms. The number of hydrogen-bond donors (Lipinski definition) is 1. The van der Waals surface area contributed by atoms with Crippen molar-refractivity contribution in [1.29, 1.82) is 0 Å². The van der Waals surface area contributed by atoms with E-state index in [1.54, 1.807) is 0 Å². The fourth-order valence-corrected chi connectivity index (χ4v) is 4.63. The van der Waals surface area contributed by atoms with Gasteiger partial charge in [-0.25, -0.2) is 0 Å².